The normalized spacial score (nSPS) is 22.2. The molecule has 2 aliphatic heterocycles. The van der Waals surface area contributed by atoms with Gasteiger partial charge in [-0.05, 0) is 24.6 Å². The van der Waals surface area contributed by atoms with E-state index in [9.17, 15) is 0 Å². The highest BCUT2D eigenvalue weighted by atomic mass is 16.5. The summed E-state index contributed by atoms with van der Waals surface area (Å²) in [7, 11) is 0. The van der Waals surface area contributed by atoms with Crippen molar-refractivity contribution in [1.29, 1.82) is 0 Å². The molecule has 0 amide bonds. The van der Waals surface area contributed by atoms with Crippen LogP contribution in [0.5, 0.6) is 0 Å². The lowest BCUT2D eigenvalue weighted by atomic mass is 10.1. The fourth-order valence-electron chi connectivity index (χ4n) is 2.08. The van der Waals surface area contributed by atoms with Crippen LogP contribution in [0.3, 0.4) is 0 Å². The third-order valence-corrected chi connectivity index (χ3v) is 3.13. The van der Waals surface area contributed by atoms with E-state index < -0.39 is 0 Å². The molecule has 0 N–H and O–H groups in total. The van der Waals surface area contributed by atoms with Crippen LogP contribution >= 0.6 is 0 Å². The van der Waals surface area contributed by atoms with Crippen molar-refractivity contribution < 1.29 is 9.47 Å². The molecule has 0 aliphatic carbocycles. The van der Waals surface area contributed by atoms with Crippen molar-refractivity contribution in [3.8, 4) is 0 Å². The molecule has 1 aromatic rings. The monoisotopic (exact) mass is 244 g/mol. The van der Waals surface area contributed by atoms with Crippen molar-refractivity contribution in [2.24, 2.45) is 9.98 Å². The van der Waals surface area contributed by atoms with Gasteiger partial charge < -0.3 is 9.47 Å². The molecule has 1 aromatic carbocycles. The molecule has 0 saturated carbocycles. The van der Waals surface area contributed by atoms with Crippen molar-refractivity contribution >= 4 is 11.8 Å². The molecule has 0 spiro atoms. The molecule has 0 fully saturated rings. The lowest BCUT2D eigenvalue weighted by Gasteiger charge is -2.05. The van der Waals surface area contributed by atoms with Crippen LogP contribution < -0.4 is 0 Å². The summed E-state index contributed by atoms with van der Waals surface area (Å²) in [4.78, 5) is 8.88. The van der Waals surface area contributed by atoms with Crippen molar-refractivity contribution in [2.45, 2.75) is 19.4 Å². The molecular weight excluding hydrogens is 228 g/mol. The van der Waals surface area contributed by atoms with Gasteiger partial charge in [0, 0.05) is 11.1 Å². The molecule has 1 unspecified atom stereocenters. The van der Waals surface area contributed by atoms with Crippen LogP contribution in [0.2, 0.25) is 0 Å². The zero-order valence-electron chi connectivity index (χ0n) is 10.4. The Labute approximate surface area is 106 Å². The molecule has 3 rings (SSSR count). The Morgan fingerprint density at radius 1 is 1.22 bits per heavy atom. The van der Waals surface area contributed by atoms with E-state index in [0.717, 1.165) is 35.9 Å². The topological polar surface area (TPSA) is 43.2 Å². The summed E-state index contributed by atoms with van der Waals surface area (Å²) < 4.78 is 11.1. The fraction of sp³-hybridized carbons (Fsp3) is 0.429. The van der Waals surface area contributed by atoms with E-state index in [1.54, 1.807) is 0 Å². The van der Waals surface area contributed by atoms with Crippen molar-refractivity contribution in [1.82, 2.24) is 0 Å². The van der Waals surface area contributed by atoms with Crippen LogP contribution in [0.4, 0.5) is 0 Å². The number of aliphatic imine (C=N–C) groups is 2. The van der Waals surface area contributed by atoms with Gasteiger partial charge in [-0.25, -0.2) is 9.98 Å². The summed E-state index contributed by atoms with van der Waals surface area (Å²) in [6.07, 6.45) is 1.01. The first-order chi connectivity index (χ1) is 8.86. The number of nitrogens with zero attached hydrogens (tertiary/aromatic N) is 2. The Balaban J connectivity index is 1.87. The van der Waals surface area contributed by atoms with Gasteiger partial charge in [0.25, 0.3) is 0 Å². The van der Waals surface area contributed by atoms with E-state index in [2.05, 4.69) is 16.9 Å². The van der Waals surface area contributed by atoms with Gasteiger partial charge in [0.15, 0.2) is 0 Å². The highest BCUT2D eigenvalue weighted by Crippen LogP contribution is 2.16. The van der Waals surface area contributed by atoms with Gasteiger partial charge >= 0.3 is 0 Å². The summed E-state index contributed by atoms with van der Waals surface area (Å²) in [5, 5.41) is 0. The third-order valence-electron chi connectivity index (χ3n) is 3.13. The Bertz CT molecular complexity index is 508. The van der Waals surface area contributed by atoms with Crippen molar-refractivity contribution in [2.75, 3.05) is 19.8 Å². The summed E-state index contributed by atoms with van der Waals surface area (Å²) in [6, 6.07) is 8.32. The molecule has 0 saturated heterocycles. The number of rotatable bonds is 3. The minimum Gasteiger partial charge on any atom is -0.476 e. The summed E-state index contributed by atoms with van der Waals surface area (Å²) >= 11 is 0. The first-order valence-corrected chi connectivity index (χ1v) is 6.35. The Hall–Kier alpha value is -1.84. The van der Waals surface area contributed by atoms with Gasteiger partial charge in [-0.15, -0.1) is 0 Å². The zero-order valence-corrected chi connectivity index (χ0v) is 10.4. The molecule has 4 heteroatoms. The van der Waals surface area contributed by atoms with Gasteiger partial charge in [0.2, 0.25) is 11.8 Å². The highest BCUT2D eigenvalue weighted by Gasteiger charge is 2.19. The van der Waals surface area contributed by atoms with Crippen LogP contribution in [-0.2, 0) is 9.47 Å². The summed E-state index contributed by atoms with van der Waals surface area (Å²) in [5.41, 5.74) is 2.00. The van der Waals surface area contributed by atoms with Crippen LogP contribution in [-0.4, -0.2) is 37.6 Å². The largest absolute Gasteiger partial charge is 0.476 e. The summed E-state index contributed by atoms with van der Waals surface area (Å²) in [5.74, 6) is 1.46. The lowest BCUT2D eigenvalue weighted by Crippen LogP contribution is -2.06. The Morgan fingerprint density at radius 2 is 2.06 bits per heavy atom. The molecule has 2 heterocycles. The van der Waals surface area contributed by atoms with E-state index in [1.807, 2.05) is 24.3 Å². The first kappa shape index (κ1) is 11.3. The average Bonchev–Trinajstić information content (AvgIpc) is 3.10. The molecule has 2 aliphatic rings. The van der Waals surface area contributed by atoms with E-state index in [1.165, 1.54) is 0 Å². The van der Waals surface area contributed by atoms with Crippen LogP contribution in [0.1, 0.15) is 24.5 Å². The molecule has 18 heavy (non-hydrogen) atoms. The second kappa shape index (κ2) is 4.80. The van der Waals surface area contributed by atoms with Crippen LogP contribution in [0.25, 0.3) is 0 Å². The third kappa shape index (κ3) is 2.10. The summed E-state index contributed by atoms with van der Waals surface area (Å²) in [6.45, 7) is 4.23. The van der Waals surface area contributed by atoms with Gasteiger partial charge in [-0.2, -0.15) is 0 Å². The van der Waals surface area contributed by atoms with Gasteiger partial charge in [-0.1, -0.05) is 13.0 Å². The zero-order chi connectivity index (χ0) is 12.4. The predicted molar refractivity (Wildman–Crippen MR) is 70.4 cm³/mol. The smallest absolute Gasteiger partial charge is 0.216 e. The molecule has 1 atom stereocenters. The van der Waals surface area contributed by atoms with Crippen molar-refractivity contribution in [3.05, 3.63) is 35.4 Å². The van der Waals surface area contributed by atoms with Crippen LogP contribution in [0.15, 0.2) is 34.3 Å². The minimum atomic E-state index is 0.295. The number of hydrogen-bond acceptors (Lipinski definition) is 4. The second-order valence-corrected chi connectivity index (χ2v) is 4.42. The SMILES string of the molecule is CCC1COC(c2cccc(C3=NCCO3)c2)=N1. The van der Waals surface area contributed by atoms with Crippen LogP contribution in [0, 0.1) is 0 Å². The Morgan fingerprint density at radius 3 is 2.72 bits per heavy atom. The lowest BCUT2D eigenvalue weighted by molar-refractivity contribution is 0.315. The molecule has 94 valence electrons. The molecule has 0 aromatic heterocycles. The fourth-order valence-corrected chi connectivity index (χ4v) is 2.08. The quantitative estimate of drug-likeness (QED) is 0.816. The molecule has 0 bridgehead atoms. The molecule has 4 nitrogen and oxygen atoms in total. The first-order valence-electron chi connectivity index (χ1n) is 6.35. The molecule has 0 radical (unpaired) electrons. The van der Waals surface area contributed by atoms with Crippen molar-refractivity contribution in [3.63, 3.8) is 0 Å². The predicted octanol–water partition coefficient (Wildman–Crippen LogP) is 2.02. The van der Waals surface area contributed by atoms with Gasteiger partial charge in [0.05, 0.1) is 12.6 Å². The van der Waals surface area contributed by atoms with E-state index in [4.69, 9.17) is 9.47 Å². The van der Waals surface area contributed by atoms with E-state index >= 15 is 0 Å². The Kier molecular flexibility index (Phi) is 3.00. The van der Waals surface area contributed by atoms with Gasteiger partial charge in [0.1, 0.15) is 13.2 Å². The number of hydrogen-bond donors (Lipinski definition) is 0. The standard InChI is InChI=1S/C14H16N2O2/c1-2-12-9-18-14(16-12)11-5-3-4-10(8-11)13-15-6-7-17-13/h3-5,8,12H,2,6-7,9H2,1H3. The number of ether oxygens (including phenoxy) is 2. The van der Waals surface area contributed by atoms with E-state index in [0.29, 0.717) is 19.3 Å². The second-order valence-electron chi connectivity index (χ2n) is 4.42. The molecular formula is C14H16N2O2. The maximum atomic E-state index is 5.63. The number of benzene rings is 1. The highest BCUT2D eigenvalue weighted by molar-refractivity contribution is 6.00. The average molecular weight is 244 g/mol. The maximum Gasteiger partial charge on any atom is 0.216 e. The maximum absolute atomic E-state index is 5.63. The minimum absolute atomic E-state index is 0.295. The van der Waals surface area contributed by atoms with E-state index in [-0.39, 0.29) is 0 Å². The van der Waals surface area contributed by atoms with Gasteiger partial charge in [-0.3, -0.25) is 0 Å².